The summed E-state index contributed by atoms with van der Waals surface area (Å²) in [7, 11) is -3.02. The maximum atomic E-state index is 12.7. The molecule has 5 nitrogen and oxygen atoms in total. The van der Waals surface area contributed by atoms with E-state index in [1.807, 2.05) is 24.3 Å². The van der Waals surface area contributed by atoms with Crippen molar-refractivity contribution < 1.29 is 18.0 Å². The third kappa shape index (κ3) is 6.90. The summed E-state index contributed by atoms with van der Waals surface area (Å²) >= 11 is 0. The second-order valence-electron chi connectivity index (χ2n) is 9.76. The first-order valence-corrected chi connectivity index (χ1v) is 13.6. The summed E-state index contributed by atoms with van der Waals surface area (Å²) in [5, 5.41) is 2.68. The molecule has 0 aromatic heterocycles. The van der Waals surface area contributed by atoms with Gasteiger partial charge in [0.25, 0.3) is 0 Å². The number of hydrogen-bond acceptors (Lipinski definition) is 4. The van der Waals surface area contributed by atoms with Crippen molar-refractivity contribution in [3.05, 3.63) is 29.8 Å². The van der Waals surface area contributed by atoms with Crippen LogP contribution in [0.15, 0.2) is 24.3 Å². The molecule has 0 spiro atoms. The summed E-state index contributed by atoms with van der Waals surface area (Å²) in [6.45, 7) is 3.47. The minimum atomic E-state index is -3.02. The molecule has 3 rings (SSSR count). The Bertz CT molecular complexity index is 846. The van der Waals surface area contributed by atoms with E-state index >= 15 is 0 Å². The quantitative estimate of drug-likeness (QED) is 0.612. The van der Waals surface area contributed by atoms with Crippen LogP contribution in [0.4, 0.5) is 5.69 Å². The van der Waals surface area contributed by atoms with Crippen molar-refractivity contribution in [3.8, 4) is 0 Å². The highest BCUT2D eigenvalue weighted by molar-refractivity contribution is 7.91. The number of hydrogen-bond donors (Lipinski definition) is 1. The number of Topliss-reactive ketones (excluding diaryl/α,β-unsaturated/α-hetero) is 1. The van der Waals surface area contributed by atoms with Crippen LogP contribution in [0.2, 0.25) is 0 Å². The maximum Gasteiger partial charge on any atom is 0.227 e. The molecule has 31 heavy (non-hydrogen) atoms. The Morgan fingerprint density at radius 1 is 0.903 bits per heavy atom. The Morgan fingerprint density at radius 2 is 1.52 bits per heavy atom. The Kier molecular flexibility index (Phi) is 8.31. The van der Waals surface area contributed by atoms with E-state index in [2.05, 4.69) is 5.32 Å². The maximum absolute atomic E-state index is 12.7. The molecule has 0 radical (unpaired) electrons. The lowest BCUT2D eigenvalue weighted by atomic mass is 9.79. The molecule has 172 valence electrons. The second-order valence-corrected chi connectivity index (χ2v) is 12.4. The van der Waals surface area contributed by atoms with Gasteiger partial charge in [-0.3, -0.25) is 9.59 Å². The van der Waals surface area contributed by atoms with E-state index < -0.39 is 9.84 Å². The third-order valence-corrected chi connectivity index (χ3v) is 9.44. The molecule has 0 atom stereocenters. The van der Waals surface area contributed by atoms with Gasteiger partial charge in [0, 0.05) is 23.9 Å². The van der Waals surface area contributed by atoms with Gasteiger partial charge in [-0.25, -0.2) is 8.42 Å². The van der Waals surface area contributed by atoms with Gasteiger partial charge in [0.05, 0.1) is 11.0 Å². The van der Waals surface area contributed by atoms with Gasteiger partial charge in [-0.15, -0.1) is 0 Å². The van der Waals surface area contributed by atoms with Crippen molar-refractivity contribution >= 4 is 27.2 Å². The molecule has 2 saturated carbocycles. The minimum absolute atomic E-state index is 0.0312. The zero-order chi connectivity index (χ0) is 22.4. The lowest BCUT2D eigenvalue weighted by Gasteiger charge is -2.28. The van der Waals surface area contributed by atoms with Gasteiger partial charge in [-0.2, -0.15) is 0 Å². The highest BCUT2D eigenvalue weighted by Gasteiger charge is 2.30. The van der Waals surface area contributed by atoms with Crippen LogP contribution in [0, 0.1) is 17.8 Å². The van der Waals surface area contributed by atoms with Gasteiger partial charge in [0.15, 0.2) is 9.84 Å². The van der Waals surface area contributed by atoms with Crippen molar-refractivity contribution in [2.24, 2.45) is 17.8 Å². The summed E-state index contributed by atoms with van der Waals surface area (Å²) in [5.41, 5.74) is 1.75. The summed E-state index contributed by atoms with van der Waals surface area (Å²) in [5.74, 6) is 0.941. The molecular formula is C25H37NO4S. The summed E-state index contributed by atoms with van der Waals surface area (Å²) in [4.78, 5) is 25.1. The molecule has 1 N–H and O–H groups in total. The molecule has 0 unspecified atom stereocenters. The molecule has 2 aliphatic rings. The number of nitrogens with one attached hydrogen (secondary N) is 1. The van der Waals surface area contributed by atoms with E-state index in [9.17, 15) is 18.0 Å². The zero-order valence-electron chi connectivity index (χ0n) is 18.9. The van der Waals surface area contributed by atoms with Gasteiger partial charge in [0.2, 0.25) is 5.91 Å². The number of carbonyl (C=O) groups excluding carboxylic acids is 2. The second kappa shape index (κ2) is 10.8. The lowest BCUT2D eigenvalue weighted by molar-refractivity contribution is -0.123. The van der Waals surface area contributed by atoms with Gasteiger partial charge in [0.1, 0.15) is 5.78 Å². The number of benzene rings is 1. The summed E-state index contributed by atoms with van der Waals surface area (Å²) < 4.78 is 24.3. The predicted octanol–water partition coefficient (Wildman–Crippen LogP) is 4.95. The number of anilines is 1. The van der Waals surface area contributed by atoms with E-state index in [0.717, 1.165) is 62.6 Å². The van der Waals surface area contributed by atoms with E-state index in [4.69, 9.17) is 0 Å². The Labute approximate surface area is 187 Å². The van der Waals surface area contributed by atoms with Crippen molar-refractivity contribution in [1.82, 2.24) is 0 Å². The Hall–Kier alpha value is -1.69. The molecular weight excluding hydrogens is 410 g/mol. The summed E-state index contributed by atoms with van der Waals surface area (Å²) in [6.07, 6.45) is 9.04. The fourth-order valence-corrected chi connectivity index (χ4v) is 6.21. The van der Waals surface area contributed by atoms with Crippen LogP contribution in [-0.2, 0) is 25.8 Å². The molecule has 0 saturated heterocycles. The van der Waals surface area contributed by atoms with Crippen molar-refractivity contribution in [2.75, 3.05) is 11.1 Å². The zero-order valence-corrected chi connectivity index (χ0v) is 19.8. The predicted molar refractivity (Wildman–Crippen MR) is 125 cm³/mol. The van der Waals surface area contributed by atoms with Crippen LogP contribution < -0.4 is 5.32 Å². The van der Waals surface area contributed by atoms with Crippen LogP contribution in [0.5, 0.6) is 0 Å². The topological polar surface area (TPSA) is 80.3 Å². The van der Waals surface area contributed by atoms with Crippen LogP contribution in [0.25, 0.3) is 0 Å². The number of ketones is 1. The number of rotatable bonds is 8. The molecule has 2 aliphatic carbocycles. The van der Waals surface area contributed by atoms with Crippen molar-refractivity contribution in [1.29, 1.82) is 0 Å². The van der Waals surface area contributed by atoms with E-state index in [1.54, 1.807) is 13.8 Å². The van der Waals surface area contributed by atoms with Crippen LogP contribution in [-0.4, -0.2) is 31.1 Å². The molecule has 0 heterocycles. The number of carbonyl (C=O) groups is 2. The van der Waals surface area contributed by atoms with Crippen molar-refractivity contribution in [2.45, 2.75) is 83.3 Å². The minimum Gasteiger partial charge on any atom is -0.326 e. The van der Waals surface area contributed by atoms with Gasteiger partial charge in [-0.1, -0.05) is 31.4 Å². The Balaban J connectivity index is 1.45. The fraction of sp³-hybridized carbons (Fsp3) is 0.680. The van der Waals surface area contributed by atoms with Crippen molar-refractivity contribution in [3.63, 3.8) is 0 Å². The number of sulfone groups is 1. The van der Waals surface area contributed by atoms with Crippen LogP contribution in [0.3, 0.4) is 0 Å². The first kappa shape index (κ1) is 24.0. The van der Waals surface area contributed by atoms with Crippen LogP contribution >= 0.6 is 0 Å². The smallest absolute Gasteiger partial charge is 0.227 e. The molecule has 6 heteroatoms. The first-order chi connectivity index (χ1) is 14.7. The van der Waals surface area contributed by atoms with E-state index in [0.29, 0.717) is 6.42 Å². The van der Waals surface area contributed by atoms with Gasteiger partial charge >= 0.3 is 0 Å². The first-order valence-electron chi connectivity index (χ1n) is 11.9. The SMILES string of the molecule is CC(C)S(=O)(=O)CC1CCC(C(=O)Cc2ccc(NC(=O)C3CCCCC3)cc2)CC1. The number of amides is 1. The molecule has 1 aromatic carbocycles. The molecule has 1 aromatic rings. The average Bonchev–Trinajstić information content (AvgIpc) is 2.76. The molecule has 0 bridgehead atoms. The molecule has 0 aliphatic heterocycles. The molecule has 1 amide bonds. The Morgan fingerprint density at radius 3 is 2.10 bits per heavy atom. The monoisotopic (exact) mass is 447 g/mol. The average molecular weight is 448 g/mol. The third-order valence-electron chi connectivity index (χ3n) is 7.06. The standard InChI is InChI=1S/C25H37NO4S/c1-18(2)31(29,30)17-20-8-12-21(13-9-20)24(27)16-19-10-14-23(15-11-19)26-25(28)22-6-4-3-5-7-22/h10-11,14-15,18,20-22H,3-9,12-13,16-17H2,1-2H3,(H,26,28). The normalized spacial score (nSPS) is 22.9. The van der Waals surface area contributed by atoms with E-state index in [-0.39, 0.29) is 40.4 Å². The van der Waals surface area contributed by atoms with Gasteiger partial charge < -0.3 is 5.32 Å². The largest absolute Gasteiger partial charge is 0.326 e. The van der Waals surface area contributed by atoms with E-state index in [1.165, 1.54) is 6.42 Å². The highest BCUT2D eigenvalue weighted by atomic mass is 32.2. The highest BCUT2D eigenvalue weighted by Crippen LogP contribution is 2.32. The van der Waals surface area contributed by atoms with Crippen LogP contribution in [0.1, 0.15) is 77.2 Å². The molecule has 2 fully saturated rings. The lowest BCUT2D eigenvalue weighted by Crippen LogP contribution is -2.29. The fourth-order valence-electron chi connectivity index (χ4n) is 4.83. The summed E-state index contributed by atoms with van der Waals surface area (Å²) in [6, 6.07) is 7.62. The van der Waals surface area contributed by atoms with Gasteiger partial charge in [-0.05, 0) is 76.0 Å².